The normalized spacial score (nSPS) is 13.0. The highest BCUT2D eigenvalue weighted by molar-refractivity contribution is 5.94. The van der Waals surface area contributed by atoms with Gasteiger partial charge in [0.2, 0.25) is 0 Å². The molecule has 0 fully saturated rings. The Labute approximate surface area is 175 Å². The molecule has 0 spiro atoms. The molecule has 0 aliphatic carbocycles. The predicted octanol–water partition coefficient (Wildman–Crippen LogP) is 3.44. The molecule has 1 N–H and O–H groups in total. The Morgan fingerprint density at radius 1 is 1.13 bits per heavy atom. The number of nitrogens with one attached hydrogen (secondary N) is 1. The number of fused-ring (bicyclic) bond motifs is 1. The van der Waals surface area contributed by atoms with E-state index in [4.69, 9.17) is 14.2 Å². The monoisotopic (exact) mass is 407 g/mol. The highest BCUT2D eigenvalue weighted by Gasteiger charge is 2.25. The van der Waals surface area contributed by atoms with E-state index in [1.807, 2.05) is 49.9 Å². The number of rotatable bonds is 6. The maximum absolute atomic E-state index is 12.8. The maximum atomic E-state index is 12.8. The van der Waals surface area contributed by atoms with Crippen LogP contribution in [0.2, 0.25) is 0 Å². The quantitative estimate of drug-likeness (QED) is 0.678. The zero-order valence-electron chi connectivity index (χ0n) is 17.3. The van der Waals surface area contributed by atoms with Gasteiger partial charge in [0.1, 0.15) is 31.4 Å². The lowest BCUT2D eigenvalue weighted by Gasteiger charge is -2.28. The minimum Gasteiger partial charge on any atom is -0.486 e. The molecule has 2 heterocycles. The van der Waals surface area contributed by atoms with Crippen LogP contribution in [0.5, 0.6) is 17.2 Å². The van der Waals surface area contributed by atoms with Gasteiger partial charge in [-0.25, -0.2) is 4.98 Å². The lowest BCUT2D eigenvalue weighted by Crippen LogP contribution is -2.41. The Morgan fingerprint density at radius 2 is 1.87 bits per heavy atom. The summed E-state index contributed by atoms with van der Waals surface area (Å²) >= 11 is 0. The number of benzene rings is 2. The van der Waals surface area contributed by atoms with Gasteiger partial charge in [-0.05, 0) is 55.8 Å². The van der Waals surface area contributed by atoms with Crippen molar-refractivity contribution < 1.29 is 19.0 Å². The van der Waals surface area contributed by atoms with Gasteiger partial charge < -0.3 is 24.1 Å². The van der Waals surface area contributed by atoms with Crippen molar-refractivity contribution >= 4 is 5.91 Å². The summed E-state index contributed by atoms with van der Waals surface area (Å²) in [5.74, 6) is 2.78. The molecule has 2 aromatic carbocycles. The van der Waals surface area contributed by atoms with Crippen LogP contribution < -0.4 is 19.5 Å². The SMILES string of the molecule is Cn1ccnc1COc1ccc(C(=O)NC(C)(C)c2ccc3c(c2)OCCO3)cc1. The molecular formula is C23H25N3O4. The largest absolute Gasteiger partial charge is 0.486 e. The molecule has 0 saturated heterocycles. The van der Waals surface area contributed by atoms with Crippen molar-refractivity contribution in [2.24, 2.45) is 7.05 Å². The number of aryl methyl sites for hydroxylation is 1. The summed E-state index contributed by atoms with van der Waals surface area (Å²) in [7, 11) is 1.92. The molecule has 0 unspecified atom stereocenters. The second-order valence-corrected chi connectivity index (χ2v) is 7.70. The van der Waals surface area contributed by atoms with Crippen LogP contribution in [-0.4, -0.2) is 28.7 Å². The van der Waals surface area contributed by atoms with E-state index in [9.17, 15) is 4.79 Å². The van der Waals surface area contributed by atoms with Crippen molar-refractivity contribution in [3.63, 3.8) is 0 Å². The van der Waals surface area contributed by atoms with Crippen molar-refractivity contribution in [2.75, 3.05) is 13.2 Å². The first-order valence-corrected chi connectivity index (χ1v) is 9.84. The molecule has 156 valence electrons. The molecule has 0 saturated carbocycles. The van der Waals surface area contributed by atoms with Crippen LogP contribution in [0.15, 0.2) is 54.9 Å². The second kappa shape index (κ2) is 8.10. The van der Waals surface area contributed by atoms with Crippen molar-refractivity contribution in [1.29, 1.82) is 0 Å². The highest BCUT2D eigenvalue weighted by Crippen LogP contribution is 2.34. The summed E-state index contributed by atoms with van der Waals surface area (Å²) in [6, 6.07) is 12.8. The van der Waals surface area contributed by atoms with Gasteiger partial charge in [0.05, 0.1) is 5.54 Å². The molecule has 7 nitrogen and oxygen atoms in total. The van der Waals surface area contributed by atoms with Crippen molar-refractivity contribution in [2.45, 2.75) is 26.0 Å². The summed E-state index contributed by atoms with van der Waals surface area (Å²) in [6.45, 7) is 5.36. The van der Waals surface area contributed by atoms with Crippen LogP contribution in [0.3, 0.4) is 0 Å². The summed E-state index contributed by atoms with van der Waals surface area (Å²) in [4.78, 5) is 17.0. The summed E-state index contributed by atoms with van der Waals surface area (Å²) < 4.78 is 18.9. The fourth-order valence-electron chi connectivity index (χ4n) is 3.25. The van der Waals surface area contributed by atoms with Crippen LogP contribution in [-0.2, 0) is 19.2 Å². The third kappa shape index (κ3) is 4.25. The van der Waals surface area contributed by atoms with Crippen LogP contribution in [0.25, 0.3) is 0 Å². The van der Waals surface area contributed by atoms with E-state index < -0.39 is 5.54 Å². The predicted molar refractivity (Wildman–Crippen MR) is 112 cm³/mol. The number of amides is 1. The molecule has 0 radical (unpaired) electrons. The van der Waals surface area contributed by atoms with Gasteiger partial charge in [-0.15, -0.1) is 0 Å². The Balaban J connectivity index is 1.40. The van der Waals surface area contributed by atoms with Crippen LogP contribution in [0.1, 0.15) is 35.6 Å². The van der Waals surface area contributed by atoms with Gasteiger partial charge in [-0.2, -0.15) is 0 Å². The van der Waals surface area contributed by atoms with Gasteiger partial charge in [-0.1, -0.05) is 6.07 Å². The molecule has 4 rings (SSSR count). The van der Waals surface area contributed by atoms with E-state index in [0.717, 1.165) is 17.1 Å². The van der Waals surface area contributed by atoms with E-state index in [-0.39, 0.29) is 5.91 Å². The lowest BCUT2D eigenvalue weighted by molar-refractivity contribution is 0.0911. The minimum absolute atomic E-state index is 0.162. The average molecular weight is 407 g/mol. The Morgan fingerprint density at radius 3 is 2.57 bits per heavy atom. The first-order chi connectivity index (χ1) is 14.4. The summed E-state index contributed by atoms with van der Waals surface area (Å²) in [5.41, 5.74) is 0.917. The number of carbonyl (C=O) groups is 1. The zero-order chi connectivity index (χ0) is 21.1. The maximum Gasteiger partial charge on any atom is 0.251 e. The number of aromatic nitrogens is 2. The number of nitrogens with zero attached hydrogens (tertiary/aromatic N) is 2. The van der Waals surface area contributed by atoms with E-state index in [1.165, 1.54) is 0 Å². The van der Waals surface area contributed by atoms with E-state index in [2.05, 4.69) is 10.3 Å². The molecule has 1 aromatic heterocycles. The minimum atomic E-state index is -0.583. The Kier molecular flexibility index (Phi) is 5.35. The first kappa shape index (κ1) is 19.8. The first-order valence-electron chi connectivity index (χ1n) is 9.84. The fraction of sp³-hybridized carbons (Fsp3) is 0.304. The Bertz CT molecular complexity index is 1040. The van der Waals surface area contributed by atoms with Crippen LogP contribution in [0, 0.1) is 0 Å². The van der Waals surface area contributed by atoms with Gasteiger partial charge >= 0.3 is 0 Å². The molecular weight excluding hydrogens is 382 g/mol. The van der Waals surface area contributed by atoms with E-state index >= 15 is 0 Å². The molecule has 0 bridgehead atoms. The molecule has 1 aliphatic heterocycles. The summed E-state index contributed by atoms with van der Waals surface area (Å²) in [5, 5.41) is 3.09. The standard InChI is InChI=1S/C23H25N3O4/c1-23(2,17-6-9-19-20(14-17)29-13-12-28-19)25-22(27)16-4-7-18(8-5-16)30-15-21-24-10-11-26(21)3/h4-11,14H,12-13,15H2,1-3H3,(H,25,27). The molecule has 3 aromatic rings. The number of carbonyl (C=O) groups excluding carboxylic acids is 1. The molecule has 7 heteroatoms. The summed E-state index contributed by atoms with van der Waals surface area (Å²) in [6.07, 6.45) is 3.60. The van der Waals surface area contributed by atoms with E-state index in [1.54, 1.807) is 30.5 Å². The molecule has 1 aliphatic rings. The van der Waals surface area contributed by atoms with Crippen LogP contribution in [0.4, 0.5) is 0 Å². The lowest BCUT2D eigenvalue weighted by atomic mass is 9.93. The van der Waals surface area contributed by atoms with Crippen molar-refractivity contribution in [3.05, 3.63) is 71.8 Å². The third-order valence-electron chi connectivity index (χ3n) is 5.10. The van der Waals surface area contributed by atoms with Gasteiger partial charge in [0, 0.05) is 25.0 Å². The van der Waals surface area contributed by atoms with E-state index in [0.29, 0.717) is 36.9 Å². The zero-order valence-corrected chi connectivity index (χ0v) is 17.3. The average Bonchev–Trinajstić information content (AvgIpc) is 3.16. The number of ether oxygens (including phenoxy) is 3. The van der Waals surface area contributed by atoms with Crippen molar-refractivity contribution in [3.8, 4) is 17.2 Å². The van der Waals surface area contributed by atoms with Crippen molar-refractivity contribution in [1.82, 2.24) is 14.9 Å². The smallest absolute Gasteiger partial charge is 0.251 e. The molecule has 30 heavy (non-hydrogen) atoms. The van der Waals surface area contributed by atoms with Gasteiger partial charge in [0.15, 0.2) is 11.5 Å². The number of hydrogen-bond donors (Lipinski definition) is 1. The third-order valence-corrected chi connectivity index (χ3v) is 5.10. The fourth-order valence-corrected chi connectivity index (χ4v) is 3.25. The second-order valence-electron chi connectivity index (χ2n) is 7.70. The van der Waals surface area contributed by atoms with Gasteiger partial charge in [-0.3, -0.25) is 4.79 Å². The van der Waals surface area contributed by atoms with Crippen LogP contribution >= 0.6 is 0 Å². The number of hydrogen-bond acceptors (Lipinski definition) is 5. The number of imidazole rings is 1. The van der Waals surface area contributed by atoms with Gasteiger partial charge in [0.25, 0.3) is 5.91 Å². The molecule has 0 atom stereocenters. The Hall–Kier alpha value is -3.48. The highest BCUT2D eigenvalue weighted by atomic mass is 16.6. The molecule has 1 amide bonds. The topological polar surface area (TPSA) is 74.6 Å².